The molecule has 1 aliphatic heterocycles. The third-order valence-electron chi connectivity index (χ3n) is 3.78. The minimum absolute atomic E-state index is 0.624. The van der Waals surface area contributed by atoms with Gasteiger partial charge in [-0.15, -0.1) is 0 Å². The first-order valence-electron chi connectivity index (χ1n) is 7.24. The Morgan fingerprint density at radius 1 is 1.10 bits per heavy atom. The summed E-state index contributed by atoms with van der Waals surface area (Å²) in [6.07, 6.45) is 4.45. The summed E-state index contributed by atoms with van der Waals surface area (Å²) in [4.78, 5) is 0. The number of benzene rings is 1. The van der Waals surface area contributed by atoms with Crippen LogP contribution >= 0.6 is 0 Å². The van der Waals surface area contributed by atoms with Crippen molar-refractivity contribution in [1.29, 1.82) is 0 Å². The second-order valence-electron chi connectivity index (χ2n) is 5.57. The van der Waals surface area contributed by atoms with E-state index >= 15 is 0 Å². The van der Waals surface area contributed by atoms with E-state index in [9.17, 15) is 8.42 Å². The van der Waals surface area contributed by atoms with Gasteiger partial charge in [0.05, 0.1) is 0 Å². The number of nitrogens with zero attached hydrogens (tertiary/aromatic N) is 1. The number of hydrogen-bond acceptors (Lipinski definition) is 3. The molecule has 1 heterocycles. The lowest BCUT2D eigenvalue weighted by molar-refractivity contribution is 0.482. The molecule has 0 unspecified atom stereocenters. The minimum atomic E-state index is -3.37. The summed E-state index contributed by atoms with van der Waals surface area (Å²) < 4.78 is 28.4. The zero-order valence-electron chi connectivity index (χ0n) is 11.5. The Morgan fingerprint density at radius 2 is 1.75 bits per heavy atom. The van der Waals surface area contributed by atoms with E-state index in [0.717, 1.165) is 19.4 Å². The van der Waals surface area contributed by atoms with Crippen LogP contribution in [-0.2, 0) is 16.8 Å². The maximum atomic E-state index is 12.1. The van der Waals surface area contributed by atoms with Crippen LogP contribution < -0.4 is 10.0 Å². The van der Waals surface area contributed by atoms with Crippen LogP contribution in [0.3, 0.4) is 0 Å². The Labute approximate surface area is 120 Å². The zero-order chi connectivity index (χ0) is 14.0. The van der Waals surface area contributed by atoms with E-state index in [4.69, 9.17) is 0 Å². The zero-order valence-corrected chi connectivity index (χ0v) is 12.3. The largest absolute Gasteiger partial charge is 0.310 e. The quantitative estimate of drug-likeness (QED) is 0.839. The van der Waals surface area contributed by atoms with E-state index in [-0.39, 0.29) is 0 Å². The number of anilines is 1. The van der Waals surface area contributed by atoms with Crippen LogP contribution in [0, 0.1) is 0 Å². The van der Waals surface area contributed by atoms with Crippen molar-refractivity contribution in [3.8, 4) is 0 Å². The first-order valence-corrected chi connectivity index (χ1v) is 8.68. The van der Waals surface area contributed by atoms with E-state index in [1.54, 1.807) is 0 Å². The highest BCUT2D eigenvalue weighted by Crippen LogP contribution is 2.20. The third kappa shape index (κ3) is 3.50. The molecule has 1 aromatic carbocycles. The molecule has 2 fully saturated rings. The van der Waals surface area contributed by atoms with E-state index in [0.29, 0.717) is 24.8 Å². The van der Waals surface area contributed by atoms with Crippen molar-refractivity contribution in [2.45, 2.75) is 38.3 Å². The molecule has 1 aliphatic carbocycles. The molecule has 2 aliphatic rings. The Balaban J connectivity index is 1.59. The Morgan fingerprint density at radius 3 is 2.35 bits per heavy atom. The van der Waals surface area contributed by atoms with Gasteiger partial charge in [-0.1, -0.05) is 12.1 Å². The Hall–Kier alpha value is -1.11. The molecule has 0 radical (unpaired) electrons. The molecule has 0 atom stereocenters. The van der Waals surface area contributed by atoms with Gasteiger partial charge in [0, 0.05) is 31.4 Å². The van der Waals surface area contributed by atoms with Gasteiger partial charge in [-0.2, -0.15) is 12.7 Å². The maximum absolute atomic E-state index is 12.1. The average Bonchev–Trinajstić information content (AvgIpc) is 3.08. The molecule has 5 nitrogen and oxygen atoms in total. The summed E-state index contributed by atoms with van der Waals surface area (Å²) >= 11 is 0. The fourth-order valence-electron chi connectivity index (χ4n) is 2.38. The van der Waals surface area contributed by atoms with Gasteiger partial charge in [0.2, 0.25) is 0 Å². The van der Waals surface area contributed by atoms with Crippen molar-refractivity contribution in [3.63, 3.8) is 0 Å². The van der Waals surface area contributed by atoms with Gasteiger partial charge in [-0.05, 0) is 43.4 Å². The van der Waals surface area contributed by atoms with Crippen LogP contribution in [0.4, 0.5) is 5.69 Å². The molecule has 110 valence electrons. The summed E-state index contributed by atoms with van der Waals surface area (Å²) in [5.74, 6) is 0. The molecule has 3 rings (SSSR count). The predicted octanol–water partition coefficient (Wildman–Crippen LogP) is 1.69. The predicted molar refractivity (Wildman–Crippen MR) is 79.7 cm³/mol. The normalized spacial score (nSPS) is 20.2. The van der Waals surface area contributed by atoms with Crippen molar-refractivity contribution in [1.82, 2.24) is 9.62 Å². The van der Waals surface area contributed by atoms with E-state index < -0.39 is 10.2 Å². The fraction of sp³-hybridized carbons (Fsp3) is 0.571. The molecule has 0 bridgehead atoms. The van der Waals surface area contributed by atoms with Crippen molar-refractivity contribution in [3.05, 3.63) is 29.8 Å². The van der Waals surface area contributed by atoms with Gasteiger partial charge in [-0.3, -0.25) is 4.72 Å². The smallest absolute Gasteiger partial charge is 0.301 e. The molecule has 0 spiro atoms. The topological polar surface area (TPSA) is 61.4 Å². The van der Waals surface area contributed by atoms with Gasteiger partial charge in [0.25, 0.3) is 0 Å². The lowest BCUT2D eigenvalue weighted by atomic mass is 10.2. The Kier molecular flexibility index (Phi) is 3.96. The van der Waals surface area contributed by atoms with E-state index in [2.05, 4.69) is 10.0 Å². The van der Waals surface area contributed by atoms with Crippen molar-refractivity contribution < 1.29 is 8.42 Å². The lowest BCUT2D eigenvalue weighted by Gasteiger charge is -2.17. The highest BCUT2D eigenvalue weighted by Gasteiger charge is 2.25. The average molecular weight is 295 g/mol. The van der Waals surface area contributed by atoms with Gasteiger partial charge in [-0.25, -0.2) is 0 Å². The van der Waals surface area contributed by atoms with Crippen molar-refractivity contribution in [2.75, 3.05) is 17.8 Å². The summed E-state index contributed by atoms with van der Waals surface area (Å²) in [6.45, 7) is 2.10. The highest BCUT2D eigenvalue weighted by molar-refractivity contribution is 7.90. The number of nitrogens with one attached hydrogen (secondary N) is 2. The molecule has 0 aromatic heterocycles. The van der Waals surface area contributed by atoms with E-state index in [1.165, 1.54) is 22.7 Å². The highest BCUT2D eigenvalue weighted by atomic mass is 32.2. The first kappa shape index (κ1) is 13.9. The standard InChI is InChI=1S/C14H21N3O2S/c18-20(19,17-9-1-2-10-17)16-14-5-3-12(4-6-14)11-15-13-7-8-13/h3-6,13,15-16H,1-2,7-11H2. The van der Waals surface area contributed by atoms with E-state index in [1.807, 2.05) is 24.3 Å². The summed E-state index contributed by atoms with van der Waals surface area (Å²) in [7, 11) is -3.37. The van der Waals surface area contributed by atoms with Gasteiger partial charge >= 0.3 is 10.2 Å². The summed E-state index contributed by atoms with van der Waals surface area (Å²) in [5, 5.41) is 3.44. The monoisotopic (exact) mass is 295 g/mol. The minimum Gasteiger partial charge on any atom is -0.310 e. The molecular formula is C14H21N3O2S. The molecule has 1 saturated carbocycles. The second-order valence-corrected chi connectivity index (χ2v) is 7.24. The van der Waals surface area contributed by atoms with Crippen LogP contribution in [0.2, 0.25) is 0 Å². The fourth-order valence-corrected chi connectivity index (χ4v) is 3.68. The van der Waals surface area contributed by atoms with Gasteiger partial charge < -0.3 is 5.32 Å². The molecule has 1 saturated heterocycles. The summed E-state index contributed by atoms with van der Waals surface area (Å²) in [5.41, 5.74) is 1.81. The molecule has 20 heavy (non-hydrogen) atoms. The lowest BCUT2D eigenvalue weighted by Crippen LogP contribution is -2.33. The number of hydrogen-bond donors (Lipinski definition) is 2. The molecular weight excluding hydrogens is 274 g/mol. The maximum Gasteiger partial charge on any atom is 0.301 e. The molecule has 2 N–H and O–H groups in total. The molecule has 1 aromatic rings. The first-order chi connectivity index (χ1) is 9.63. The van der Waals surface area contributed by atoms with Crippen LogP contribution in [0.15, 0.2) is 24.3 Å². The van der Waals surface area contributed by atoms with Gasteiger partial charge in [0.1, 0.15) is 0 Å². The Bertz CT molecular complexity index is 546. The SMILES string of the molecule is O=S(=O)(Nc1ccc(CNC2CC2)cc1)N1CCCC1. The second kappa shape index (κ2) is 5.71. The summed E-state index contributed by atoms with van der Waals surface area (Å²) in [6, 6.07) is 8.28. The third-order valence-corrected chi connectivity index (χ3v) is 5.32. The van der Waals surface area contributed by atoms with Crippen LogP contribution in [0.5, 0.6) is 0 Å². The van der Waals surface area contributed by atoms with Crippen molar-refractivity contribution >= 4 is 15.9 Å². The molecule has 6 heteroatoms. The van der Waals surface area contributed by atoms with Crippen LogP contribution in [0.1, 0.15) is 31.2 Å². The van der Waals surface area contributed by atoms with Crippen molar-refractivity contribution in [2.24, 2.45) is 0 Å². The van der Waals surface area contributed by atoms with Crippen LogP contribution in [0.25, 0.3) is 0 Å². The number of rotatable bonds is 6. The van der Waals surface area contributed by atoms with Crippen LogP contribution in [-0.4, -0.2) is 31.9 Å². The van der Waals surface area contributed by atoms with Gasteiger partial charge in [0.15, 0.2) is 0 Å². The molecule has 0 amide bonds.